The number of benzene rings is 2. The molecule has 0 saturated heterocycles. The summed E-state index contributed by atoms with van der Waals surface area (Å²) in [5.41, 5.74) is 2.58. The lowest BCUT2D eigenvalue weighted by Gasteiger charge is -2.30. The summed E-state index contributed by atoms with van der Waals surface area (Å²) in [7, 11) is 0. The molecule has 0 heterocycles. The minimum atomic E-state index is -0.708. The Labute approximate surface area is 117 Å². The van der Waals surface area contributed by atoms with Crippen molar-refractivity contribution < 1.29 is 14.2 Å². The van der Waals surface area contributed by atoms with Crippen molar-refractivity contribution in [3.8, 4) is 5.75 Å². The summed E-state index contributed by atoms with van der Waals surface area (Å²) < 4.78 is 19.7. The summed E-state index contributed by atoms with van der Waals surface area (Å²) in [4.78, 5) is 0. The fourth-order valence-corrected chi connectivity index (χ4v) is 2.70. The van der Waals surface area contributed by atoms with E-state index in [0.29, 0.717) is 12.0 Å². The van der Waals surface area contributed by atoms with Gasteiger partial charge in [0.15, 0.2) is 11.6 Å². The lowest BCUT2D eigenvalue weighted by atomic mass is 9.87. The van der Waals surface area contributed by atoms with E-state index >= 15 is 0 Å². The maximum absolute atomic E-state index is 14.0. The number of ether oxygens (including phenoxy) is 1. The average Bonchev–Trinajstić information content (AvgIpc) is 2.47. The van der Waals surface area contributed by atoms with Crippen molar-refractivity contribution in [2.24, 2.45) is 0 Å². The molecule has 1 N–H and O–H groups in total. The highest BCUT2D eigenvalue weighted by molar-refractivity contribution is 5.34. The zero-order valence-electron chi connectivity index (χ0n) is 11.3. The first-order valence-corrected chi connectivity index (χ1v) is 6.84. The maximum Gasteiger partial charge on any atom is 0.167 e. The summed E-state index contributed by atoms with van der Waals surface area (Å²) in [5.74, 6) is -0.132. The molecule has 104 valence electrons. The van der Waals surface area contributed by atoms with Crippen LogP contribution in [0.25, 0.3) is 0 Å². The van der Waals surface area contributed by atoms with Crippen molar-refractivity contribution in [1.82, 2.24) is 0 Å². The minimum Gasteiger partial charge on any atom is -0.484 e. The van der Waals surface area contributed by atoms with Crippen LogP contribution in [0.1, 0.15) is 29.2 Å². The third kappa shape index (κ3) is 2.29. The van der Waals surface area contributed by atoms with E-state index in [-0.39, 0.29) is 11.6 Å². The third-order valence-electron chi connectivity index (χ3n) is 3.86. The number of aliphatic hydroxyl groups is 1. The molecule has 2 unspecified atom stereocenters. The second kappa shape index (κ2) is 5.25. The number of rotatable bonds is 2. The van der Waals surface area contributed by atoms with Crippen molar-refractivity contribution in [2.75, 3.05) is 0 Å². The van der Waals surface area contributed by atoms with Crippen LogP contribution in [0.3, 0.4) is 0 Å². The monoisotopic (exact) mass is 272 g/mol. The summed E-state index contributed by atoms with van der Waals surface area (Å²) in [6, 6.07) is 12.9. The Morgan fingerprint density at radius 3 is 2.80 bits per heavy atom. The topological polar surface area (TPSA) is 29.5 Å². The van der Waals surface area contributed by atoms with Gasteiger partial charge >= 0.3 is 0 Å². The average molecular weight is 272 g/mol. The molecule has 0 bridgehead atoms. The maximum atomic E-state index is 14.0. The Balaban J connectivity index is 1.85. The van der Waals surface area contributed by atoms with Crippen LogP contribution in [0.5, 0.6) is 5.75 Å². The van der Waals surface area contributed by atoms with Gasteiger partial charge in [0.1, 0.15) is 12.2 Å². The molecule has 1 aliphatic carbocycles. The molecule has 20 heavy (non-hydrogen) atoms. The van der Waals surface area contributed by atoms with E-state index in [1.165, 1.54) is 0 Å². The minimum absolute atomic E-state index is 0.216. The van der Waals surface area contributed by atoms with Crippen LogP contribution in [0.4, 0.5) is 4.39 Å². The highest BCUT2D eigenvalue weighted by Crippen LogP contribution is 2.33. The van der Waals surface area contributed by atoms with E-state index in [1.54, 1.807) is 25.1 Å². The van der Waals surface area contributed by atoms with Gasteiger partial charge in [-0.1, -0.05) is 36.4 Å². The van der Waals surface area contributed by atoms with Gasteiger partial charge in [0.2, 0.25) is 0 Å². The quantitative estimate of drug-likeness (QED) is 0.905. The fraction of sp³-hybridized carbons (Fsp3) is 0.294. The summed E-state index contributed by atoms with van der Waals surface area (Å²) >= 11 is 0. The van der Waals surface area contributed by atoms with Crippen molar-refractivity contribution >= 4 is 0 Å². The van der Waals surface area contributed by atoms with E-state index in [4.69, 9.17) is 4.74 Å². The molecule has 2 atom stereocenters. The Morgan fingerprint density at radius 1 is 1.15 bits per heavy atom. The number of fused-ring (bicyclic) bond motifs is 1. The fourth-order valence-electron chi connectivity index (χ4n) is 2.70. The van der Waals surface area contributed by atoms with Crippen molar-refractivity contribution in [2.45, 2.75) is 32.0 Å². The first-order chi connectivity index (χ1) is 9.66. The Kier molecular flexibility index (Phi) is 3.45. The van der Waals surface area contributed by atoms with E-state index < -0.39 is 12.2 Å². The third-order valence-corrected chi connectivity index (χ3v) is 3.86. The zero-order valence-corrected chi connectivity index (χ0v) is 11.3. The highest BCUT2D eigenvalue weighted by Gasteiger charge is 2.29. The number of halogens is 1. The molecule has 0 spiro atoms. The molecule has 0 amide bonds. The molecule has 1 aliphatic rings. The van der Waals surface area contributed by atoms with E-state index in [9.17, 15) is 9.50 Å². The van der Waals surface area contributed by atoms with Crippen molar-refractivity contribution in [3.05, 3.63) is 65.0 Å². The predicted octanol–water partition coefficient (Wildman–Crippen LogP) is 3.56. The van der Waals surface area contributed by atoms with Crippen LogP contribution in [-0.4, -0.2) is 11.2 Å². The smallest absolute Gasteiger partial charge is 0.167 e. The van der Waals surface area contributed by atoms with Gasteiger partial charge in [0.05, 0.1) is 0 Å². The standard InChI is InChI=1S/C17H17FO2/c1-11-5-4-8-14(16(11)18)20-15-10-9-12-6-2-3-7-13(12)17(15)19/h2-8,15,17,19H,9-10H2,1H3. The first kappa shape index (κ1) is 13.1. The largest absolute Gasteiger partial charge is 0.484 e. The lowest BCUT2D eigenvalue weighted by molar-refractivity contribution is 0.0208. The van der Waals surface area contributed by atoms with Gasteiger partial charge < -0.3 is 9.84 Å². The van der Waals surface area contributed by atoms with Gasteiger partial charge in [0.25, 0.3) is 0 Å². The molecule has 0 radical (unpaired) electrons. The molecule has 2 aromatic rings. The number of hydrogen-bond donors (Lipinski definition) is 1. The molecular weight excluding hydrogens is 255 g/mol. The summed E-state index contributed by atoms with van der Waals surface area (Å²) in [6.07, 6.45) is 0.415. The van der Waals surface area contributed by atoms with E-state index in [0.717, 1.165) is 17.5 Å². The number of aliphatic hydroxyl groups excluding tert-OH is 1. The van der Waals surface area contributed by atoms with Crippen molar-refractivity contribution in [3.63, 3.8) is 0 Å². The lowest BCUT2D eigenvalue weighted by Crippen LogP contribution is -2.30. The molecule has 2 aromatic carbocycles. The van der Waals surface area contributed by atoms with E-state index in [2.05, 4.69) is 0 Å². The normalized spacial score (nSPS) is 21.4. The van der Waals surface area contributed by atoms with Crippen LogP contribution in [-0.2, 0) is 6.42 Å². The number of hydrogen-bond acceptors (Lipinski definition) is 2. The SMILES string of the molecule is Cc1cccc(OC2CCc3ccccc3C2O)c1F. The molecule has 3 heteroatoms. The molecule has 0 aliphatic heterocycles. The second-order valence-corrected chi connectivity index (χ2v) is 5.23. The first-order valence-electron chi connectivity index (χ1n) is 6.84. The summed E-state index contributed by atoms with van der Waals surface area (Å²) in [6.45, 7) is 1.70. The zero-order chi connectivity index (χ0) is 14.1. The van der Waals surface area contributed by atoms with Crippen LogP contribution in [0, 0.1) is 12.7 Å². The molecule has 3 rings (SSSR count). The van der Waals surface area contributed by atoms with E-state index in [1.807, 2.05) is 24.3 Å². The molecular formula is C17H17FO2. The Hall–Kier alpha value is -1.87. The Morgan fingerprint density at radius 2 is 1.95 bits per heavy atom. The molecule has 0 aromatic heterocycles. The Bertz CT molecular complexity index is 624. The van der Waals surface area contributed by atoms with Gasteiger partial charge in [-0.3, -0.25) is 0 Å². The van der Waals surface area contributed by atoms with Gasteiger partial charge in [-0.2, -0.15) is 0 Å². The van der Waals surface area contributed by atoms with Crippen LogP contribution >= 0.6 is 0 Å². The highest BCUT2D eigenvalue weighted by atomic mass is 19.1. The number of aryl methyl sites for hydroxylation is 2. The van der Waals surface area contributed by atoms with Gasteiger partial charge in [-0.15, -0.1) is 0 Å². The predicted molar refractivity (Wildman–Crippen MR) is 75.3 cm³/mol. The second-order valence-electron chi connectivity index (χ2n) is 5.23. The molecule has 0 saturated carbocycles. The van der Waals surface area contributed by atoms with Crippen LogP contribution < -0.4 is 4.74 Å². The molecule has 0 fully saturated rings. The van der Waals surface area contributed by atoms with Gasteiger partial charge in [0, 0.05) is 0 Å². The summed E-state index contributed by atoms with van der Waals surface area (Å²) in [5, 5.41) is 10.4. The van der Waals surface area contributed by atoms with Crippen LogP contribution in [0.2, 0.25) is 0 Å². The van der Waals surface area contributed by atoms with Crippen LogP contribution in [0.15, 0.2) is 42.5 Å². The van der Waals surface area contributed by atoms with Gasteiger partial charge in [-0.25, -0.2) is 4.39 Å². The van der Waals surface area contributed by atoms with Crippen molar-refractivity contribution in [1.29, 1.82) is 0 Å². The molecule has 2 nitrogen and oxygen atoms in total. The van der Waals surface area contributed by atoms with Gasteiger partial charge in [-0.05, 0) is 42.5 Å².